The molecule has 2 atom stereocenters. The number of hydrogen-bond acceptors (Lipinski definition) is 1. The van der Waals surface area contributed by atoms with Gasteiger partial charge in [0, 0.05) is 12.3 Å². The van der Waals surface area contributed by atoms with Gasteiger partial charge in [-0.05, 0) is 19.3 Å². The summed E-state index contributed by atoms with van der Waals surface area (Å²) < 4.78 is 0. The second-order valence-electron chi connectivity index (χ2n) is 3.25. The summed E-state index contributed by atoms with van der Waals surface area (Å²) in [5.74, 6) is 1.11. The van der Waals surface area contributed by atoms with Crippen LogP contribution in [0.3, 0.4) is 0 Å². The summed E-state index contributed by atoms with van der Waals surface area (Å²) in [6, 6.07) is 0. The highest BCUT2D eigenvalue weighted by molar-refractivity contribution is 5.83. The van der Waals surface area contributed by atoms with Gasteiger partial charge < -0.3 is 0 Å². The molecule has 1 rings (SSSR count). The molecule has 0 aromatic rings. The number of ketones is 1. The minimum atomic E-state index is 0.234. The Labute approximate surface area is 62.1 Å². The molecule has 1 nitrogen and oxygen atoms in total. The van der Waals surface area contributed by atoms with Crippen LogP contribution in [0.5, 0.6) is 0 Å². The molecular formula is C9H14O. The quantitative estimate of drug-likeness (QED) is 0.507. The monoisotopic (exact) mass is 138 g/mol. The Morgan fingerprint density at radius 2 is 2.30 bits per heavy atom. The molecule has 1 unspecified atom stereocenters. The van der Waals surface area contributed by atoms with Gasteiger partial charge in [-0.3, -0.25) is 4.79 Å². The molecule has 10 heavy (non-hydrogen) atoms. The topological polar surface area (TPSA) is 17.1 Å². The Balaban J connectivity index is 2.66. The Bertz CT molecular complexity index is 170. The number of carbonyl (C=O) groups is 1. The van der Waals surface area contributed by atoms with Gasteiger partial charge in [-0.15, -0.1) is 0 Å². The van der Waals surface area contributed by atoms with Gasteiger partial charge in [0.1, 0.15) is 5.78 Å². The van der Waals surface area contributed by atoms with Gasteiger partial charge in [0.2, 0.25) is 0 Å². The Morgan fingerprint density at radius 1 is 1.70 bits per heavy atom. The van der Waals surface area contributed by atoms with Crippen molar-refractivity contribution < 1.29 is 4.79 Å². The lowest BCUT2D eigenvalue weighted by Crippen LogP contribution is -2.10. The van der Waals surface area contributed by atoms with Crippen molar-refractivity contribution in [2.45, 2.75) is 26.7 Å². The van der Waals surface area contributed by atoms with E-state index in [-0.39, 0.29) is 5.92 Å². The minimum Gasteiger partial charge on any atom is -0.299 e. The normalized spacial score (nSPS) is 32.8. The molecule has 56 valence electrons. The van der Waals surface area contributed by atoms with Crippen LogP contribution in [-0.2, 0) is 4.79 Å². The van der Waals surface area contributed by atoms with Crippen LogP contribution in [0.15, 0.2) is 12.2 Å². The highest BCUT2D eigenvalue weighted by Crippen LogP contribution is 2.32. The molecule has 0 amide bonds. The highest BCUT2D eigenvalue weighted by atomic mass is 16.1. The molecule has 1 heteroatoms. The fourth-order valence-electron chi connectivity index (χ4n) is 1.67. The summed E-state index contributed by atoms with van der Waals surface area (Å²) in [5, 5.41) is 0. The van der Waals surface area contributed by atoms with Crippen molar-refractivity contribution in [1.82, 2.24) is 0 Å². The minimum absolute atomic E-state index is 0.234. The van der Waals surface area contributed by atoms with Gasteiger partial charge in [-0.2, -0.15) is 0 Å². The Kier molecular flexibility index (Phi) is 1.93. The molecule has 0 aliphatic heterocycles. The first-order valence-corrected chi connectivity index (χ1v) is 3.81. The summed E-state index contributed by atoms with van der Waals surface area (Å²) in [7, 11) is 0. The highest BCUT2D eigenvalue weighted by Gasteiger charge is 2.30. The van der Waals surface area contributed by atoms with E-state index >= 15 is 0 Å². The van der Waals surface area contributed by atoms with Crippen LogP contribution in [0.1, 0.15) is 26.7 Å². The van der Waals surface area contributed by atoms with Crippen LogP contribution in [-0.4, -0.2) is 5.78 Å². The van der Waals surface area contributed by atoms with Crippen molar-refractivity contribution in [1.29, 1.82) is 0 Å². The second kappa shape index (κ2) is 2.57. The molecule has 0 radical (unpaired) electrons. The fourth-order valence-corrected chi connectivity index (χ4v) is 1.67. The van der Waals surface area contributed by atoms with Gasteiger partial charge >= 0.3 is 0 Å². The first-order chi connectivity index (χ1) is 4.63. The van der Waals surface area contributed by atoms with E-state index in [1.54, 1.807) is 0 Å². The van der Waals surface area contributed by atoms with Crippen LogP contribution >= 0.6 is 0 Å². The largest absolute Gasteiger partial charge is 0.299 e. The molecule has 0 heterocycles. The third kappa shape index (κ3) is 1.13. The zero-order valence-corrected chi connectivity index (χ0v) is 6.68. The van der Waals surface area contributed by atoms with Crippen LogP contribution in [0.2, 0.25) is 0 Å². The van der Waals surface area contributed by atoms with E-state index < -0.39 is 0 Å². The van der Waals surface area contributed by atoms with E-state index in [4.69, 9.17) is 0 Å². The van der Waals surface area contributed by atoms with Gasteiger partial charge in [-0.25, -0.2) is 0 Å². The molecule has 1 fully saturated rings. The SMILES string of the molecule is C=C(C)[C@H]1CCC(=O)C1C. The van der Waals surface area contributed by atoms with Crippen LogP contribution in [0.4, 0.5) is 0 Å². The summed E-state index contributed by atoms with van der Waals surface area (Å²) in [6.07, 6.45) is 1.79. The lowest BCUT2D eigenvalue weighted by molar-refractivity contribution is -0.120. The van der Waals surface area contributed by atoms with Crippen LogP contribution in [0, 0.1) is 11.8 Å². The molecule has 1 aliphatic rings. The smallest absolute Gasteiger partial charge is 0.136 e. The third-order valence-corrected chi connectivity index (χ3v) is 2.45. The average Bonchev–Trinajstić information content (AvgIpc) is 2.14. The predicted octanol–water partition coefficient (Wildman–Crippen LogP) is 2.18. The number of rotatable bonds is 1. The first-order valence-electron chi connectivity index (χ1n) is 3.81. The molecule has 1 aliphatic carbocycles. The van der Waals surface area contributed by atoms with Gasteiger partial charge in [0.05, 0.1) is 0 Å². The number of allylic oxidation sites excluding steroid dienone is 1. The number of Topliss-reactive ketones (excluding diaryl/α,β-unsaturated/α-hetero) is 1. The summed E-state index contributed by atoms with van der Waals surface area (Å²) in [4.78, 5) is 11.0. The lowest BCUT2D eigenvalue weighted by atomic mass is 9.92. The first kappa shape index (κ1) is 7.52. The van der Waals surface area contributed by atoms with E-state index in [0.717, 1.165) is 12.8 Å². The maximum Gasteiger partial charge on any atom is 0.136 e. The molecule has 0 N–H and O–H groups in total. The molecule has 1 saturated carbocycles. The van der Waals surface area contributed by atoms with Gasteiger partial charge in [0.15, 0.2) is 0 Å². The summed E-state index contributed by atoms with van der Waals surface area (Å²) in [5.41, 5.74) is 1.17. The maximum absolute atomic E-state index is 11.0. The van der Waals surface area contributed by atoms with E-state index in [2.05, 4.69) is 6.58 Å². The molecule has 0 bridgehead atoms. The molecule has 0 saturated heterocycles. The van der Waals surface area contributed by atoms with E-state index in [1.165, 1.54) is 5.57 Å². The third-order valence-electron chi connectivity index (χ3n) is 2.45. The van der Waals surface area contributed by atoms with Gasteiger partial charge in [-0.1, -0.05) is 19.1 Å². The average molecular weight is 138 g/mol. The zero-order valence-electron chi connectivity index (χ0n) is 6.68. The van der Waals surface area contributed by atoms with Crippen molar-refractivity contribution in [2.24, 2.45) is 11.8 Å². The molecule has 0 spiro atoms. The van der Waals surface area contributed by atoms with Crippen LogP contribution < -0.4 is 0 Å². The second-order valence-corrected chi connectivity index (χ2v) is 3.25. The zero-order chi connectivity index (χ0) is 7.72. The van der Waals surface area contributed by atoms with Crippen molar-refractivity contribution >= 4 is 5.78 Å². The predicted molar refractivity (Wildman–Crippen MR) is 41.7 cm³/mol. The standard InChI is InChI=1S/C9H14O/c1-6(2)8-4-5-9(10)7(8)3/h7-8H,1,4-5H2,2-3H3/t7?,8-/m1/s1. The van der Waals surface area contributed by atoms with Crippen LogP contribution in [0.25, 0.3) is 0 Å². The van der Waals surface area contributed by atoms with E-state index in [9.17, 15) is 4.79 Å². The van der Waals surface area contributed by atoms with Crippen molar-refractivity contribution in [3.8, 4) is 0 Å². The number of hydrogen-bond donors (Lipinski definition) is 0. The van der Waals surface area contributed by atoms with Gasteiger partial charge in [0.25, 0.3) is 0 Å². The lowest BCUT2D eigenvalue weighted by Gasteiger charge is -2.12. The Morgan fingerprint density at radius 3 is 2.50 bits per heavy atom. The number of carbonyl (C=O) groups excluding carboxylic acids is 1. The molecule has 0 aromatic heterocycles. The molecular weight excluding hydrogens is 124 g/mol. The molecule has 0 aromatic carbocycles. The van der Waals surface area contributed by atoms with E-state index in [0.29, 0.717) is 11.7 Å². The maximum atomic E-state index is 11.0. The van der Waals surface area contributed by atoms with Crippen molar-refractivity contribution in [2.75, 3.05) is 0 Å². The van der Waals surface area contributed by atoms with Crippen molar-refractivity contribution in [3.05, 3.63) is 12.2 Å². The van der Waals surface area contributed by atoms with E-state index in [1.807, 2.05) is 13.8 Å². The Hall–Kier alpha value is -0.590. The fraction of sp³-hybridized carbons (Fsp3) is 0.667. The summed E-state index contributed by atoms with van der Waals surface area (Å²) in [6.45, 7) is 7.89. The summed E-state index contributed by atoms with van der Waals surface area (Å²) >= 11 is 0. The van der Waals surface area contributed by atoms with Crippen molar-refractivity contribution in [3.63, 3.8) is 0 Å².